The van der Waals surface area contributed by atoms with Crippen molar-refractivity contribution in [2.45, 2.75) is 45.8 Å². The monoisotopic (exact) mass is 287 g/mol. The van der Waals surface area contributed by atoms with Crippen LogP contribution in [0.15, 0.2) is 18.2 Å². The maximum absolute atomic E-state index is 13.4. The van der Waals surface area contributed by atoms with Gasteiger partial charge in [0.2, 0.25) is 0 Å². The first-order valence-corrected chi connectivity index (χ1v) is 7.00. The Bertz CT molecular complexity index is 421. The van der Waals surface area contributed by atoms with E-state index in [1.165, 1.54) is 6.07 Å². The molecule has 2 N–H and O–H groups in total. The molecule has 0 aliphatic heterocycles. The second-order valence-electron chi connectivity index (χ2n) is 5.87. The average molecular weight is 288 g/mol. The zero-order valence-electron chi connectivity index (χ0n) is 12.0. The summed E-state index contributed by atoms with van der Waals surface area (Å²) < 4.78 is 13.4. The zero-order valence-corrected chi connectivity index (χ0v) is 12.8. The highest BCUT2D eigenvalue weighted by Gasteiger charge is 2.22. The summed E-state index contributed by atoms with van der Waals surface area (Å²) in [6, 6.07) is 4.74. The lowest BCUT2D eigenvalue weighted by molar-refractivity contribution is 0.0363. The first-order chi connectivity index (χ1) is 8.71. The van der Waals surface area contributed by atoms with Crippen LogP contribution in [-0.2, 0) is 0 Å². The number of hydrogen-bond donors (Lipinski definition) is 2. The Morgan fingerprint density at radius 1 is 1.37 bits per heavy atom. The van der Waals surface area contributed by atoms with Crippen LogP contribution in [0.5, 0.6) is 0 Å². The number of aliphatic hydroxyl groups is 1. The van der Waals surface area contributed by atoms with Gasteiger partial charge < -0.3 is 10.4 Å². The molecule has 4 heteroatoms. The van der Waals surface area contributed by atoms with Crippen LogP contribution >= 0.6 is 11.6 Å². The molecule has 1 aromatic rings. The predicted molar refractivity (Wildman–Crippen MR) is 77.9 cm³/mol. The quantitative estimate of drug-likeness (QED) is 0.831. The highest BCUT2D eigenvalue weighted by molar-refractivity contribution is 6.30. The molecule has 0 fully saturated rings. The third-order valence-electron chi connectivity index (χ3n) is 3.08. The minimum atomic E-state index is -0.757. The molecule has 0 saturated heterocycles. The molecule has 0 heterocycles. The molecule has 2 unspecified atom stereocenters. The van der Waals surface area contributed by atoms with Gasteiger partial charge in [-0.15, -0.1) is 0 Å². The summed E-state index contributed by atoms with van der Waals surface area (Å²) in [7, 11) is 0. The van der Waals surface area contributed by atoms with Gasteiger partial charge in [0.05, 0.1) is 10.6 Å². The Labute approximate surface area is 120 Å². The lowest BCUT2D eigenvalue weighted by Crippen LogP contribution is -2.39. The largest absolute Gasteiger partial charge is 0.389 e. The Balaban J connectivity index is 2.59. The molecule has 0 aliphatic carbocycles. The molecule has 0 amide bonds. The number of hydrogen-bond acceptors (Lipinski definition) is 2. The molecule has 0 bridgehead atoms. The smallest absolute Gasteiger partial charge is 0.142 e. The van der Waals surface area contributed by atoms with Crippen molar-refractivity contribution in [1.29, 1.82) is 0 Å². The normalized spacial score (nSPS) is 16.4. The van der Waals surface area contributed by atoms with Crippen LogP contribution in [0.1, 0.15) is 45.7 Å². The predicted octanol–water partition coefficient (Wildman–Crippen LogP) is 3.93. The van der Waals surface area contributed by atoms with Crippen molar-refractivity contribution in [2.24, 2.45) is 5.92 Å². The minimum Gasteiger partial charge on any atom is -0.389 e. The van der Waals surface area contributed by atoms with Crippen molar-refractivity contribution >= 4 is 11.6 Å². The average Bonchev–Trinajstić information content (AvgIpc) is 2.28. The number of benzene rings is 1. The molecule has 0 radical (unpaired) electrons. The highest BCUT2D eigenvalue weighted by atomic mass is 35.5. The van der Waals surface area contributed by atoms with E-state index in [-0.39, 0.29) is 11.1 Å². The lowest BCUT2D eigenvalue weighted by atomic mass is 9.94. The zero-order chi connectivity index (χ0) is 14.6. The van der Waals surface area contributed by atoms with Crippen molar-refractivity contribution in [3.05, 3.63) is 34.6 Å². The maximum Gasteiger partial charge on any atom is 0.142 e. The summed E-state index contributed by atoms with van der Waals surface area (Å²) in [5.41, 5.74) is 0.0650. The topological polar surface area (TPSA) is 32.3 Å². The highest BCUT2D eigenvalue weighted by Crippen LogP contribution is 2.21. The van der Waals surface area contributed by atoms with E-state index in [1.807, 2.05) is 13.8 Å². The Morgan fingerprint density at radius 2 is 2.00 bits per heavy atom. The van der Waals surface area contributed by atoms with Gasteiger partial charge in [-0.3, -0.25) is 0 Å². The van der Waals surface area contributed by atoms with Crippen LogP contribution in [0.25, 0.3) is 0 Å². The number of rotatable bonds is 6. The molecule has 108 valence electrons. The number of halogens is 2. The number of nitrogens with one attached hydrogen (secondary N) is 1. The molecular weight excluding hydrogens is 265 g/mol. The summed E-state index contributed by atoms with van der Waals surface area (Å²) >= 11 is 5.66. The first-order valence-electron chi connectivity index (χ1n) is 6.62. The van der Waals surface area contributed by atoms with E-state index in [1.54, 1.807) is 12.1 Å². The summed E-state index contributed by atoms with van der Waals surface area (Å²) in [5, 5.41) is 13.6. The van der Waals surface area contributed by atoms with Gasteiger partial charge in [0, 0.05) is 12.6 Å². The summed E-state index contributed by atoms with van der Waals surface area (Å²) in [6.45, 7) is 8.37. The van der Waals surface area contributed by atoms with Crippen molar-refractivity contribution in [3.63, 3.8) is 0 Å². The van der Waals surface area contributed by atoms with Gasteiger partial charge in [0.25, 0.3) is 0 Å². The van der Waals surface area contributed by atoms with E-state index in [4.69, 9.17) is 11.6 Å². The van der Waals surface area contributed by atoms with Gasteiger partial charge in [-0.25, -0.2) is 4.39 Å². The Kier molecular flexibility index (Phi) is 5.78. The van der Waals surface area contributed by atoms with Gasteiger partial charge in [0.15, 0.2) is 0 Å². The van der Waals surface area contributed by atoms with Crippen molar-refractivity contribution in [1.82, 2.24) is 5.32 Å². The SMILES string of the molecule is CC(C)CC(C)(O)CNC(C)c1ccc(Cl)c(F)c1. The lowest BCUT2D eigenvalue weighted by Gasteiger charge is -2.27. The molecule has 1 rings (SSSR count). The fraction of sp³-hybridized carbons (Fsp3) is 0.600. The van der Waals surface area contributed by atoms with E-state index in [0.29, 0.717) is 12.5 Å². The van der Waals surface area contributed by atoms with E-state index < -0.39 is 11.4 Å². The fourth-order valence-electron chi connectivity index (χ4n) is 2.22. The standard InChI is InChI=1S/C15H23ClFNO/c1-10(2)8-15(4,19)9-18-11(3)12-5-6-13(16)14(17)7-12/h5-7,10-11,18-19H,8-9H2,1-4H3. The van der Waals surface area contributed by atoms with Crippen molar-refractivity contribution in [2.75, 3.05) is 6.54 Å². The minimum absolute atomic E-state index is 0.0367. The summed E-state index contributed by atoms with van der Waals surface area (Å²) in [4.78, 5) is 0. The van der Waals surface area contributed by atoms with E-state index in [9.17, 15) is 9.50 Å². The molecule has 0 aromatic heterocycles. The van der Waals surface area contributed by atoms with Crippen LogP contribution in [0.4, 0.5) is 4.39 Å². The van der Waals surface area contributed by atoms with Gasteiger partial charge in [0.1, 0.15) is 5.82 Å². The first kappa shape index (κ1) is 16.4. The summed E-state index contributed by atoms with van der Waals surface area (Å²) in [5.74, 6) is 0.0156. The van der Waals surface area contributed by atoms with Gasteiger partial charge in [-0.2, -0.15) is 0 Å². The van der Waals surface area contributed by atoms with Crippen LogP contribution in [0.3, 0.4) is 0 Å². The van der Waals surface area contributed by atoms with Crippen LogP contribution in [0.2, 0.25) is 5.02 Å². The fourth-order valence-corrected chi connectivity index (χ4v) is 2.34. The second-order valence-corrected chi connectivity index (χ2v) is 6.28. The Morgan fingerprint density at radius 3 is 2.53 bits per heavy atom. The third-order valence-corrected chi connectivity index (χ3v) is 3.39. The molecule has 19 heavy (non-hydrogen) atoms. The van der Waals surface area contributed by atoms with Gasteiger partial charge in [-0.05, 0) is 43.9 Å². The molecule has 1 aromatic carbocycles. The van der Waals surface area contributed by atoms with E-state index in [2.05, 4.69) is 19.2 Å². The molecular formula is C15H23ClFNO. The molecule has 0 spiro atoms. The Hall–Kier alpha value is -0.640. The molecule has 0 saturated carbocycles. The van der Waals surface area contributed by atoms with Crippen LogP contribution in [0, 0.1) is 11.7 Å². The summed E-state index contributed by atoms with van der Waals surface area (Å²) in [6.07, 6.45) is 0.724. The van der Waals surface area contributed by atoms with Crippen molar-refractivity contribution in [3.8, 4) is 0 Å². The van der Waals surface area contributed by atoms with Crippen LogP contribution < -0.4 is 5.32 Å². The van der Waals surface area contributed by atoms with Gasteiger partial charge >= 0.3 is 0 Å². The van der Waals surface area contributed by atoms with E-state index in [0.717, 1.165) is 12.0 Å². The molecule has 2 atom stereocenters. The maximum atomic E-state index is 13.4. The van der Waals surface area contributed by atoms with Crippen molar-refractivity contribution < 1.29 is 9.50 Å². The van der Waals surface area contributed by atoms with Crippen LogP contribution in [-0.4, -0.2) is 17.3 Å². The second kappa shape index (κ2) is 6.69. The van der Waals surface area contributed by atoms with E-state index >= 15 is 0 Å². The third kappa shape index (κ3) is 5.47. The van der Waals surface area contributed by atoms with Gasteiger partial charge in [-0.1, -0.05) is 31.5 Å². The molecule has 2 nitrogen and oxygen atoms in total. The molecule has 0 aliphatic rings.